The second kappa shape index (κ2) is 6.91. The zero-order chi connectivity index (χ0) is 14.4. The summed E-state index contributed by atoms with van der Waals surface area (Å²) < 4.78 is 0. The number of aromatic nitrogens is 1. The number of nitrogens with one attached hydrogen (secondary N) is 1. The molecule has 0 bridgehead atoms. The van der Waals surface area contributed by atoms with Crippen LogP contribution in [0.2, 0.25) is 5.02 Å². The topological polar surface area (TPSA) is 62.2 Å². The molecule has 0 fully saturated rings. The van der Waals surface area contributed by atoms with Gasteiger partial charge < -0.3 is 10.4 Å². The molecular weight excluding hydrogens is 276 g/mol. The van der Waals surface area contributed by atoms with Crippen molar-refractivity contribution in [3.63, 3.8) is 0 Å². The van der Waals surface area contributed by atoms with Crippen LogP contribution in [0, 0.1) is 0 Å². The Morgan fingerprint density at radius 2 is 2.05 bits per heavy atom. The van der Waals surface area contributed by atoms with Crippen LogP contribution in [0.15, 0.2) is 42.6 Å². The number of benzene rings is 1. The maximum Gasteiger partial charge on any atom is 0.337 e. The fraction of sp³-hybridized carbons (Fsp3) is 0.200. The quantitative estimate of drug-likeness (QED) is 0.800. The van der Waals surface area contributed by atoms with Gasteiger partial charge in [0.15, 0.2) is 0 Å². The molecule has 5 heteroatoms. The molecule has 2 aromatic rings. The van der Waals surface area contributed by atoms with E-state index >= 15 is 0 Å². The van der Waals surface area contributed by atoms with E-state index in [0.717, 1.165) is 19.4 Å². The van der Waals surface area contributed by atoms with Gasteiger partial charge in [-0.15, -0.1) is 0 Å². The lowest BCUT2D eigenvalue weighted by Gasteiger charge is -2.07. The summed E-state index contributed by atoms with van der Waals surface area (Å²) in [5, 5.41) is 12.2. The van der Waals surface area contributed by atoms with E-state index in [1.165, 1.54) is 17.8 Å². The SMILES string of the molecule is O=C(O)c1cc(NCCCc2ccccc2)ncc1Cl. The molecule has 0 radical (unpaired) electrons. The number of halogens is 1. The Morgan fingerprint density at radius 3 is 2.75 bits per heavy atom. The number of carbonyl (C=O) groups is 1. The Hall–Kier alpha value is -2.07. The molecule has 20 heavy (non-hydrogen) atoms. The summed E-state index contributed by atoms with van der Waals surface area (Å²) in [7, 11) is 0. The first kappa shape index (κ1) is 14.3. The highest BCUT2D eigenvalue weighted by Gasteiger charge is 2.09. The van der Waals surface area contributed by atoms with Gasteiger partial charge in [-0.25, -0.2) is 9.78 Å². The van der Waals surface area contributed by atoms with Gasteiger partial charge >= 0.3 is 5.97 Å². The van der Waals surface area contributed by atoms with E-state index in [1.807, 2.05) is 18.2 Å². The van der Waals surface area contributed by atoms with Crippen molar-refractivity contribution in [3.8, 4) is 0 Å². The van der Waals surface area contributed by atoms with Gasteiger partial charge in [-0.1, -0.05) is 41.9 Å². The lowest BCUT2D eigenvalue weighted by Crippen LogP contribution is -2.06. The van der Waals surface area contributed by atoms with Crippen LogP contribution < -0.4 is 5.32 Å². The molecule has 2 rings (SSSR count). The summed E-state index contributed by atoms with van der Waals surface area (Å²) >= 11 is 5.76. The molecule has 0 atom stereocenters. The van der Waals surface area contributed by atoms with Gasteiger partial charge in [0.1, 0.15) is 5.82 Å². The van der Waals surface area contributed by atoms with Crippen LogP contribution in [-0.2, 0) is 6.42 Å². The number of carboxylic acids is 1. The van der Waals surface area contributed by atoms with E-state index in [4.69, 9.17) is 16.7 Å². The molecular formula is C15H15ClN2O2. The standard InChI is InChI=1S/C15H15ClN2O2/c16-13-10-18-14(9-12(13)15(19)20)17-8-4-7-11-5-2-1-3-6-11/h1-3,5-6,9-10H,4,7-8H2,(H,17,18)(H,19,20). The zero-order valence-corrected chi connectivity index (χ0v) is 11.6. The van der Waals surface area contributed by atoms with Crippen LogP contribution in [0.1, 0.15) is 22.3 Å². The number of hydrogen-bond acceptors (Lipinski definition) is 3. The molecule has 0 aliphatic carbocycles. The molecule has 0 aliphatic heterocycles. The predicted molar refractivity (Wildman–Crippen MR) is 79.5 cm³/mol. The molecule has 0 unspecified atom stereocenters. The number of rotatable bonds is 6. The summed E-state index contributed by atoms with van der Waals surface area (Å²) in [5.74, 6) is -0.524. The lowest BCUT2D eigenvalue weighted by atomic mass is 10.1. The average molecular weight is 291 g/mol. The van der Waals surface area contributed by atoms with Crippen LogP contribution >= 0.6 is 11.6 Å². The van der Waals surface area contributed by atoms with Crippen molar-refractivity contribution >= 4 is 23.4 Å². The monoisotopic (exact) mass is 290 g/mol. The van der Waals surface area contributed by atoms with E-state index < -0.39 is 5.97 Å². The molecule has 0 spiro atoms. The van der Waals surface area contributed by atoms with Crippen molar-refractivity contribution in [2.75, 3.05) is 11.9 Å². The summed E-state index contributed by atoms with van der Waals surface area (Å²) in [4.78, 5) is 15.0. The third-order valence-corrected chi connectivity index (χ3v) is 3.18. The number of aromatic carboxylic acids is 1. The molecule has 0 aliphatic rings. The first-order valence-electron chi connectivity index (χ1n) is 6.33. The fourth-order valence-corrected chi connectivity index (χ4v) is 2.04. The van der Waals surface area contributed by atoms with Crippen molar-refractivity contribution in [2.45, 2.75) is 12.8 Å². The molecule has 0 saturated carbocycles. The first-order valence-corrected chi connectivity index (χ1v) is 6.71. The molecule has 4 nitrogen and oxygen atoms in total. The predicted octanol–water partition coefficient (Wildman–Crippen LogP) is 3.48. The molecule has 2 N–H and O–H groups in total. The van der Waals surface area contributed by atoms with Gasteiger partial charge in [0, 0.05) is 12.7 Å². The van der Waals surface area contributed by atoms with E-state index in [2.05, 4.69) is 22.4 Å². The summed E-state index contributed by atoms with van der Waals surface area (Å²) in [6.07, 6.45) is 3.26. The second-order valence-electron chi connectivity index (χ2n) is 4.37. The van der Waals surface area contributed by atoms with Crippen LogP contribution in [0.5, 0.6) is 0 Å². The van der Waals surface area contributed by atoms with Gasteiger partial charge in [-0.05, 0) is 24.5 Å². The maximum atomic E-state index is 10.9. The minimum atomic E-state index is -1.05. The van der Waals surface area contributed by atoms with Crippen LogP contribution in [0.25, 0.3) is 0 Å². The Balaban J connectivity index is 1.85. The van der Waals surface area contributed by atoms with Crippen molar-refractivity contribution in [1.82, 2.24) is 4.98 Å². The van der Waals surface area contributed by atoms with Gasteiger partial charge in [0.2, 0.25) is 0 Å². The third kappa shape index (κ3) is 3.96. The fourth-order valence-electron chi connectivity index (χ4n) is 1.85. The Kier molecular flexibility index (Phi) is 4.96. The minimum Gasteiger partial charge on any atom is -0.478 e. The van der Waals surface area contributed by atoms with E-state index in [0.29, 0.717) is 5.82 Å². The van der Waals surface area contributed by atoms with Crippen molar-refractivity contribution < 1.29 is 9.90 Å². The molecule has 1 aromatic heterocycles. The van der Waals surface area contributed by atoms with Gasteiger partial charge in [-0.3, -0.25) is 0 Å². The zero-order valence-electron chi connectivity index (χ0n) is 10.8. The minimum absolute atomic E-state index is 0.0622. The largest absolute Gasteiger partial charge is 0.478 e. The van der Waals surface area contributed by atoms with Gasteiger partial charge in [-0.2, -0.15) is 0 Å². The Morgan fingerprint density at radius 1 is 1.30 bits per heavy atom. The highest BCUT2D eigenvalue weighted by atomic mass is 35.5. The molecule has 0 saturated heterocycles. The first-order chi connectivity index (χ1) is 9.66. The van der Waals surface area contributed by atoms with Crippen LogP contribution in [0.4, 0.5) is 5.82 Å². The van der Waals surface area contributed by atoms with Crippen LogP contribution in [0.3, 0.4) is 0 Å². The third-order valence-electron chi connectivity index (χ3n) is 2.88. The highest BCUT2D eigenvalue weighted by molar-refractivity contribution is 6.33. The second-order valence-corrected chi connectivity index (χ2v) is 4.78. The van der Waals surface area contributed by atoms with Gasteiger partial charge in [0.05, 0.1) is 10.6 Å². The maximum absolute atomic E-state index is 10.9. The molecule has 1 heterocycles. The number of pyridine rings is 1. The summed E-state index contributed by atoms with van der Waals surface area (Å²) in [6, 6.07) is 11.7. The highest BCUT2D eigenvalue weighted by Crippen LogP contribution is 2.17. The Bertz CT molecular complexity index is 588. The normalized spacial score (nSPS) is 10.2. The average Bonchev–Trinajstić information content (AvgIpc) is 2.46. The number of carboxylic acid groups (broad SMARTS) is 1. The number of nitrogens with zero attached hydrogens (tertiary/aromatic N) is 1. The summed E-state index contributed by atoms with van der Waals surface area (Å²) in [5.41, 5.74) is 1.34. The number of aryl methyl sites for hydroxylation is 1. The van der Waals surface area contributed by atoms with Crippen molar-refractivity contribution in [1.29, 1.82) is 0 Å². The van der Waals surface area contributed by atoms with E-state index in [9.17, 15) is 4.79 Å². The van der Waals surface area contributed by atoms with E-state index in [1.54, 1.807) is 0 Å². The molecule has 104 valence electrons. The lowest BCUT2D eigenvalue weighted by molar-refractivity contribution is 0.0697. The van der Waals surface area contributed by atoms with Gasteiger partial charge in [0.25, 0.3) is 0 Å². The smallest absolute Gasteiger partial charge is 0.337 e. The van der Waals surface area contributed by atoms with Crippen molar-refractivity contribution in [2.24, 2.45) is 0 Å². The van der Waals surface area contributed by atoms with E-state index in [-0.39, 0.29) is 10.6 Å². The summed E-state index contributed by atoms with van der Waals surface area (Å²) in [6.45, 7) is 0.725. The van der Waals surface area contributed by atoms with Crippen LogP contribution in [-0.4, -0.2) is 22.6 Å². The van der Waals surface area contributed by atoms with Crippen molar-refractivity contribution in [3.05, 3.63) is 58.7 Å². The number of anilines is 1. The number of hydrogen-bond donors (Lipinski definition) is 2. The molecule has 1 aromatic carbocycles. The molecule has 0 amide bonds. The Labute approximate surface area is 122 Å².